The van der Waals surface area contributed by atoms with Crippen LogP contribution in [0.25, 0.3) is 0 Å². The maximum Gasteiger partial charge on any atom is 0.0730 e. The molecule has 3 nitrogen and oxygen atoms in total. The van der Waals surface area contributed by atoms with Gasteiger partial charge in [0.2, 0.25) is 0 Å². The Balaban J connectivity index is 2.84. The Morgan fingerprint density at radius 1 is 1.88 bits per heavy atom. The summed E-state index contributed by atoms with van der Waals surface area (Å²) in [4.78, 5) is 0. The zero-order valence-electron chi connectivity index (χ0n) is 3.91. The van der Waals surface area contributed by atoms with Gasteiger partial charge in [-0.3, -0.25) is 0 Å². The van der Waals surface area contributed by atoms with E-state index in [0.717, 1.165) is 0 Å². The van der Waals surface area contributed by atoms with Crippen molar-refractivity contribution >= 4 is 36.0 Å². The van der Waals surface area contributed by atoms with Crippen LogP contribution in [0.2, 0.25) is 0 Å². The molecule has 0 saturated heterocycles. The molecule has 44 valence electrons. The third kappa shape index (κ3) is 1.28. The van der Waals surface area contributed by atoms with Crippen molar-refractivity contribution in [1.29, 1.82) is 0 Å². The first-order valence-electron chi connectivity index (χ1n) is 1.92. The molecule has 1 aromatic heterocycles. The number of nitrogens with zero attached hydrogens (tertiary/aromatic N) is 2. The van der Waals surface area contributed by atoms with Crippen LogP contribution in [0.4, 0.5) is 5.69 Å². The van der Waals surface area contributed by atoms with Gasteiger partial charge in [-0.25, -0.2) is 4.09 Å². The van der Waals surface area contributed by atoms with Crippen LogP contribution in [0.1, 0.15) is 0 Å². The Kier molecular flexibility index (Phi) is 2.01. The molecule has 1 heterocycles. The Morgan fingerprint density at radius 3 is 2.88 bits per heavy atom. The van der Waals surface area contributed by atoms with Crippen LogP contribution in [0, 0.1) is 0 Å². The molecule has 1 aromatic rings. The Hall–Kier alpha value is 0.0900. The largest absolute Gasteiger partial charge is 0.396 e. The van der Waals surface area contributed by atoms with Crippen LogP contribution in [0.15, 0.2) is 12.4 Å². The van der Waals surface area contributed by atoms with Crippen molar-refractivity contribution in [2.45, 2.75) is 0 Å². The predicted octanol–water partition coefficient (Wildman–Crippen LogP) is 1.31. The average Bonchev–Trinajstić information content (AvgIpc) is 2.14. The lowest BCUT2D eigenvalue weighted by Crippen LogP contribution is -1.79. The maximum atomic E-state index is 5.35. The molecule has 5 heteroatoms. The molecule has 0 aromatic carbocycles. The zero-order valence-corrected chi connectivity index (χ0v) is 6.89. The maximum absolute atomic E-state index is 5.35. The van der Waals surface area contributed by atoms with E-state index >= 15 is 0 Å². The highest BCUT2D eigenvalue weighted by Crippen LogP contribution is 2.14. The summed E-state index contributed by atoms with van der Waals surface area (Å²) in [7, 11) is 1.49. The minimum atomic E-state index is 0.703. The topological polar surface area (TPSA) is 43.8 Å². The standard InChI is InChI=1S/C3H4IN3S/c4-8-7-2-3(5)1-6-7/h1-2H,5H2. The number of nitrogens with two attached hydrogens (primary N) is 1. The summed E-state index contributed by atoms with van der Waals surface area (Å²) in [5.41, 5.74) is 6.06. The fraction of sp³-hybridized carbons (Fsp3) is 0. The molecule has 0 bridgehead atoms. The van der Waals surface area contributed by atoms with E-state index in [2.05, 4.69) is 26.3 Å². The molecular formula is C3H4IN3S. The summed E-state index contributed by atoms with van der Waals surface area (Å²) in [6, 6.07) is 0. The van der Waals surface area contributed by atoms with Crippen LogP contribution in [-0.2, 0) is 0 Å². The van der Waals surface area contributed by atoms with Crippen molar-refractivity contribution in [1.82, 2.24) is 9.19 Å². The second kappa shape index (κ2) is 2.58. The number of rotatable bonds is 1. The van der Waals surface area contributed by atoms with Crippen LogP contribution < -0.4 is 5.73 Å². The van der Waals surface area contributed by atoms with Crippen LogP contribution in [0.3, 0.4) is 0 Å². The smallest absolute Gasteiger partial charge is 0.0730 e. The van der Waals surface area contributed by atoms with E-state index in [4.69, 9.17) is 5.73 Å². The molecule has 1 rings (SSSR count). The quantitative estimate of drug-likeness (QED) is 0.754. The van der Waals surface area contributed by atoms with Gasteiger partial charge in [0.25, 0.3) is 0 Å². The van der Waals surface area contributed by atoms with Gasteiger partial charge < -0.3 is 5.73 Å². The van der Waals surface area contributed by atoms with Crippen molar-refractivity contribution in [3.8, 4) is 0 Å². The van der Waals surface area contributed by atoms with E-state index in [1.54, 1.807) is 16.5 Å². The lowest BCUT2D eigenvalue weighted by molar-refractivity contribution is 1.02. The monoisotopic (exact) mass is 241 g/mol. The minimum absolute atomic E-state index is 0.703. The highest BCUT2D eigenvalue weighted by atomic mass is 127. The minimum Gasteiger partial charge on any atom is -0.396 e. The predicted molar refractivity (Wildman–Crippen MR) is 43.6 cm³/mol. The van der Waals surface area contributed by atoms with Crippen molar-refractivity contribution in [3.63, 3.8) is 0 Å². The van der Waals surface area contributed by atoms with E-state index in [9.17, 15) is 0 Å². The third-order valence-corrected chi connectivity index (χ3v) is 2.20. The second-order valence-electron chi connectivity index (χ2n) is 1.25. The van der Waals surface area contributed by atoms with Gasteiger partial charge in [-0.15, -0.1) is 0 Å². The van der Waals surface area contributed by atoms with Gasteiger partial charge >= 0.3 is 0 Å². The lowest BCUT2D eigenvalue weighted by Gasteiger charge is -1.84. The van der Waals surface area contributed by atoms with Gasteiger partial charge in [-0.05, 0) is 0 Å². The molecule has 0 spiro atoms. The summed E-state index contributed by atoms with van der Waals surface area (Å²) < 4.78 is 1.69. The molecule has 0 amide bonds. The van der Waals surface area contributed by atoms with Crippen molar-refractivity contribution < 1.29 is 0 Å². The first-order valence-corrected chi connectivity index (χ1v) is 5.24. The highest BCUT2D eigenvalue weighted by Gasteiger charge is 1.88. The Labute approximate surface area is 63.3 Å². The molecule has 0 radical (unpaired) electrons. The lowest BCUT2D eigenvalue weighted by atomic mass is 10.6. The van der Waals surface area contributed by atoms with Crippen molar-refractivity contribution in [2.75, 3.05) is 5.73 Å². The summed E-state index contributed by atoms with van der Waals surface area (Å²) in [5, 5.41) is 3.88. The van der Waals surface area contributed by atoms with E-state index in [1.165, 1.54) is 9.12 Å². The fourth-order valence-electron chi connectivity index (χ4n) is 0.355. The summed E-state index contributed by atoms with van der Waals surface area (Å²) in [5.74, 6) is 0. The van der Waals surface area contributed by atoms with Crippen molar-refractivity contribution in [3.05, 3.63) is 12.4 Å². The summed E-state index contributed by atoms with van der Waals surface area (Å²) >= 11 is 2.13. The Bertz CT molecular complexity index is 175. The van der Waals surface area contributed by atoms with Crippen LogP contribution >= 0.6 is 30.3 Å². The Morgan fingerprint density at radius 2 is 2.62 bits per heavy atom. The van der Waals surface area contributed by atoms with Gasteiger partial charge in [-0.1, -0.05) is 0 Å². The first kappa shape index (κ1) is 6.21. The SMILES string of the molecule is Nc1cnn(SI)c1. The molecule has 0 unspecified atom stereocenters. The van der Waals surface area contributed by atoms with Gasteiger partial charge in [0.1, 0.15) is 0 Å². The summed E-state index contributed by atoms with van der Waals surface area (Å²) in [6.07, 6.45) is 3.38. The molecule has 2 N–H and O–H groups in total. The number of halogens is 1. The molecule has 0 aliphatic rings. The number of anilines is 1. The van der Waals surface area contributed by atoms with E-state index in [1.807, 2.05) is 0 Å². The van der Waals surface area contributed by atoms with E-state index in [0.29, 0.717) is 5.69 Å². The van der Waals surface area contributed by atoms with Gasteiger partial charge in [0.05, 0.1) is 18.1 Å². The van der Waals surface area contributed by atoms with E-state index < -0.39 is 0 Å². The molecule has 0 saturated carbocycles. The van der Waals surface area contributed by atoms with Crippen molar-refractivity contribution in [2.24, 2.45) is 0 Å². The number of nitrogen functional groups attached to an aromatic ring is 1. The van der Waals surface area contributed by atoms with E-state index in [-0.39, 0.29) is 0 Å². The normalized spacial score (nSPS) is 9.62. The molecule has 0 fully saturated rings. The molecular weight excluding hydrogens is 237 g/mol. The molecule has 8 heavy (non-hydrogen) atoms. The molecule has 0 atom stereocenters. The second-order valence-corrected chi connectivity index (χ2v) is 2.94. The third-order valence-electron chi connectivity index (χ3n) is 0.651. The van der Waals surface area contributed by atoms with Crippen LogP contribution in [0.5, 0.6) is 0 Å². The van der Waals surface area contributed by atoms with Gasteiger partial charge in [-0.2, -0.15) is 5.10 Å². The molecule has 0 aliphatic carbocycles. The number of hydrogen-bond acceptors (Lipinski definition) is 3. The van der Waals surface area contributed by atoms with Crippen LogP contribution in [-0.4, -0.2) is 9.19 Å². The number of aromatic nitrogens is 2. The van der Waals surface area contributed by atoms with Gasteiger partial charge in [0.15, 0.2) is 0 Å². The summed E-state index contributed by atoms with van der Waals surface area (Å²) in [6.45, 7) is 0. The average molecular weight is 241 g/mol. The van der Waals surface area contributed by atoms with Gasteiger partial charge in [0, 0.05) is 30.3 Å². The first-order chi connectivity index (χ1) is 3.83. The number of hydrogen-bond donors (Lipinski definition) is 1. The zero-order chi connectivity index (χ0) is 5.98. The fourth-order valence-corrected chi connectivity index (χ4v) is 1.25. The highest BCUT2D eigenvalue weighted by molar-refractivity contribution is 14.2. The molecule has 0 aliphatic heterocycles.